The summed E-state index contributed by atoms with van der Waals surface area (Å²) in [6.45, 7) is 1.81. The third-order valence-electron chi connectivity index (χ3n) is 2.81. The van der Waals surface area contributed by atoms with Gasteiger partial charge < -0.3 is 9.84 Å². The number of benzene rings is 1. The zero-order valence-electron chi connectivity index (χ0n) is 9.41. The molecule has 1 N–H and O–H groups in total. The molecule has 0 amide bonds. The van der Waals surface area contributed by atoms with Crippen LogP contribution in [0, 0.1) is 5.82 Å². The standard InChI is InChI=1S/C12H13BrFNO2/c1-2-11-15-12(6-16,7-17-11)9-5-8(13)3-4-10(9)14/h3-5,16H,2,6-7H2,1H3. The van der Waals surface area contributed by atoms with Crippen LogP contribution in [0.4, 0.5) is 4.39 Å². The van der Waals surface area contributed by atoms with Gasteiger partial charge in [-0.25, -0.2) is 9.38 Å². The van der Waals surface area contributed by atoms with Crippen molar-refractivity contribution < 1.29 is 14.2 Å². The van der Waals surface area contributed by atoms with Gasteiger partial charge in [0, 0.05) is 16.5 Å². The van der Waals surface area contributed by atoms with Crippen LogP contribution >= 0.6 is 15.9 Å². The summed E-state index contributed by atoms with van der Waals surface area (Å²) in [7, 11) is 0. The SMILES string of the molecule is CCC1=NC(CO)(c2cc(Br)ccc2F)CO1. The first-order valence-electron chi connectivity index (χ1n) is 5.39. The van der Waals surface area contributed by atoms with Gasteiger partial charge in [0.25, 0.3) is 0 Å². The van der Waals surface area contributed by atoms with Crippen LogP contribution in [0.2, 0.25) is 0 Å². The maximum atomic E-state index is 13.8. The summed E-state index contributed by atoms with van der Waals surface area (Å²) in [6.07, 6.45) is 0.636. The van der Waals surface area contributed by atoms with Gasteiger partial charge in [0.15, 0.2) is 5.90 Å². The molecular formula is C12H13BrFNO2. The van der Waals surface area contributed by atoms with E-state index in [4.69, 9.17) is 4.74 Å². The van der Waals surface area contributed by atoms with Crippen LogP contribution in [0.3, 0.4) is 0 Å². The molecule has 17 heavy (non-hydrogen) atoms. The quantitative estimate of drug-likeness (QED) is 0.932. The normalized spacial score (nSPS) is 23.4. The highest BCUT2D eigenvalue weighted by molar-refractivity contribution is 9.10. The van der Waals surface area contributed by atoms with Crippen LogP contribution < -0.4 is 0 Å². The van der Waals surface area contributed by atoms with E-state index in [0.717, 1.165) is 4.47 Å². The van der Waals surface area contributed by atoms with Crippen molar-refractivity contribution >= 4 is 21.8 Å². The maximum absolute atomic E-state index is 13.8. The molecule has 1 aromatic rings. The lowest BCUT2D eigenvalue weighted by atomic mass is 9.92. The minimum Gasteiger partial charge on any atom is -0.478 e. The molecule has 2 rings (SSSR count). The van der Waals surface area contributed by atoms with E-state index in [1.165, 1.54) is 6.07 Å². The van der Waals surface area contributed by atoms with Crippen molar-refractivity contribution in [1.82, 2.24) is 0 Å². The molecule has 0 aliphatic carbocycles. The molecule has 92 valence electrons. The molecule has 0 saturated heterocycles. The molecule has 0 saturated carbocycles. The van der Waals surface area contributed by atoms with Gasteiger partial charge in [-0.05, 0) is 18.2 Å². The zero-order chi connectivity index (χ0) is 12.5. The summed E-state index contributed by atoms with van der Waals surface area (Å²) in [4.78, 5) is 4.31. The van der Waals surface area contributed by atoms with Gasteiger partial charge in [-0.3, -0.25) is 0 Å². The summed E-state index contributed by atoms with van der Waals surface area (Å²) in [5, 5.41) is 9.53. The Kier molecular flexibility index (Phi) is 3.49. The second-order valence-corrected chi connectivity index (χ2v) is 4.88. The molecule has 5 heteroatoms. The summed E-state index contributed by atoms with van der Waals surface area (Å²) in [5.74, 6) is 0.172. The van der Waals surface area contributed by atoms with Crippen LogP contribution in [0.15, 0.2) is 27.7 Å². The summed E-state index contributed by atoms with van der Waals surface area (Å²) < 4.78 is 19.9. The largest absolute Gasteiger partial charge is 0.478 e. The summed E-state index contributed by atoms with van der Waals surface area (Å²) >= 11 is 3.29. The van der Waals surface area contributed by atoms with Crippen molar-refractivity contribution in [1.29, 1.82) is 0 Å². The fourth-order valence-electron chi connectivity index (χ4n) is 1.85. The molecule has 3 nitrogen and oxygen atoms in total. The van der Waals surface area contributed by atoms with Crippen LogP contribution in [-0.2, 0) is 10.3 Å². The fraction of sp³-hybridized carbons (Fsp3) is 0.417. The van der Waals surface area contributed by atoms with Gasteiger partial charge in [-0.1, -0.05) is 22.9 Å². The number of ether oxygens (including phenoxy) is 1. The Hall–Kier alpha value is -0.940. The van der Waals surface area contributed by atoms with Crippen molar-refractivity contribution in [3.05, 3.63) is 34.1 Å². The number of aliphatic hydroxyl groups excluding tert-OH is 1. The van der Waals surface area contributed by atoms with E-state index in [2.05, 4.69) is 20.9 Å². The Balaban J connectivity index is 2.49. The highest BCUT2D eigenvalue weighted by Gasteiger charge is 2.39. The van der Waals surface area contributed by atoms with Crippen LogP contribution in [-0.4, -0.2) is 24.2 Å². The van der Waals surface area contributed by atoms with Gasteiger partial charge >= 0.3 is 0 Å². The van der Waals surface area contributed by atoms with Gasteiger partial charge in [-0.2, -0.15) is 0 Å². The summed E-state index contributed by atoms with van der Waals surface area (Å²) in [5.41, 5.74) is -0.642. The predicted octanol–water partition coefficient (Wildman–Crippen LogP) is 2.61. The topological polar surface area (TPSA) is 41.8 Å². The molecule has 1 unspecified atom stereocenters. The van der Waals surface area contributed by atoms with E-state index in [9.17, 15) is 9.50 Å². The molecule has 0 radical (unpaired) electrons. The van der Waals surface area contributed by atoms with Gasteiger partial charge in [0.05, 0.1) is 6.61 Å². The van der Waals surface area contributed by atoms with Crippen LogP contribution in [0.25, 0.3) is 0 Å². The van der Waals surface area contributed by atoms with Crippen LogP contribution in [0.5, 0.6) is 0 Å². The molecule has 1 aliphatic heterocycles. The first kappa shape index (κ1) is 12.5. The third-order valence-corrected chi connectivity index (χ3v) is 3.30. The predicted molar refractivity (Wildman–Crippen MR) is 66.5 cm³/mol. The van der Waals surface area contributed by atoms with E-state index in [0.29, 0.717) is 17.9 Å². The highest BCUT2D eigenvalue weighted by Crippen LogP contribution is 2.34. The number of rotatable bonds is 3. The lowest BCUT2D eigenvalue weighted by Gasteiger charge is -2.22. The third kappa shape index (κ3) is 2.21. The van der Waals surface area contributed by atoms with E-state index < -0.39 is 5.54 Å². The minimum absolute atomic E-state index is 0.181. The molecule has 1 aliphatic rings. The monoisotopic (exact) mass is 301 g/mol. The number of aliphatic hydroxyl groups is 1. The molecule has 0 spiro atoms. The van der Waals surface area contributed by atoms with Gasteiger partial charge in [-0.15, -0.1) is 0 Å². The number of aliphatic imine (C=N–C) groups is 1. The molecule has 0 aromatic heterocycles. The first-order chi connectivity index (χ1) is 8.11. The number of nitrogens with zero attached hydrogens (tertiary/aromatic N) is 1. The average Bonchev–Trinajstić information content (AvgIpc) is 2.77. The smallest absolute Gasteiger partial charge is 0.184 e. The highest BCUT2D eigenvalue weighted by atomic mass is 79.9. The van der Waals surface area contributed by atoms with Crippen molar-refractivity contribution in [3.8, 4) is 0 Å². The van der Waals surface area contributed by atoms with Crippen molar-refractivity contribution in [3.63, 3.8) is 0 Å². The Morgan fingerprint density at radius 3 is 2.94 bits per heavy atom. The molecule has 1 heterocycles. The number of hydrogen-bond acceptors (Lipinski definition) is 3. The fourth-order valence-corrected chi connectivity index (χ4v) is 2.21. The molecule has 1 aromatic carbocycles. The minimum atomic E-state index is -1.00. The second kappa shape index (κ2) is 4.74. The Labute approximate surface area is 107 Å². The van der Waals surface area contributed by atoms with Crippen molar-refractivity contribution in [2.75, 3.05) is 13.2 Å². The average molecular weight is 302 g/mol. The molecular weight excluding hydrogens is 289 g/mol. The van der Waals surface area contributed by atoms with Crippen molar-refractivity contribution in [2.45, 2.75) is 18.9 Å². The number of hydrogen-bond donors (Lipinski definition) is 1. The van der Waals surface area contributed by atoms with Crippen molar-refractivity contribution in [2.24, 2.45) is 4.99 Å². The van der Waals surface area contributed by atoms with E-state index in [1.807, 2.05) is 6.92 Å². The lowest BCUT2D eigenvalue weighted by molar-refractivity contribution is 0.153. The Morgan fingerprint density at radius 2 is 2.35 bits per heavy atom. The summed E-state index contributed by atoms with van der Waals surface area (Å²) in [6, 6.07) is 4.61. The lowest BCUT2D eigenvalue weighted by Crippen LogP contribution is -2.31. The molecule has 0 bridgehead atoms. The van der Waals surface area contributed by atoms with Crippen LogP contribution in [0.1, 0.15) is 18.9 Å². The maximum Gasteiger partial charge on any atom is 0.184 e. The Bertz CT molecular complexity index is 464. The second-order valence-electron chi connectivity index (χ2n) is 3.96. The van der Waals surface area contributed by atoms with E-state index >= 15 is 0 Å². The Morgan fingerprint density at radius 1 is 1.59 bits per heavy atom. The molecule has 1 atom stereocenters. The molecule has 0 fully saturated rings. The van der Waals surface area contributed by atoms with E-state index in [-0.39, 0.29) is 19.0 Å². The van der Waals surface area contributed by atoms with Gasteiger partial charge in [0.2, 0.25) is 0 Å². The first-order valence-corrected chi connectivity index (χ1v) is 6.18. The van der Waals surface area contributed by atoms with E-state index in [1.54, 1.807) is 12.1 Å². The zero-order valence-corrected chi connectivity index (χ0v) is 11.0. The number of halogens is 2. The van der Waals surface area contributed by atoms with Gasteiger partial charge in [0.1, 0.15) is 18.0 Å².